The highest BCUT2D eigenvalue weighted by molar-refractivity contribution is 7.92. The van der Waals surface area contributed by atoms with E-state index in [1.54, 1.807) is 6.08 Å². The van der Waals surface area contributed by atoms with Crippen molar-refractivity contribution in [2.75, 3.05) is 5.75 Å². The molecule has 1 aliphatic heterocycles. The normalized spacial score (nSPS) is 34.8. The highest BCUT2D eigenvalue weighted by atomic mass is 32.2. The third kappa shape index (κ3) is 6.90. The predicted octanol–water partition coefficient (Wildman–Crippen LogP) is 9.19. The van der Waals surface area contributed by atoms with Crippen molar-refractivity contribution in [3.05, 3.63) is 34.9 Å². The smallest absolute Gasteiger partial charge is 0.192 e. The number of aldehydes is 1. The van der Waals surface area contributed by atoms with E-state index >= 15 is 0 Å². The zero-order chi connectivity index (χ0) is 33.1. The molecule has 5 nitrogen and oxygen atoms in total. The highest BCUT2D eigenvalue weighted by Gasteiger charge is 2.53. The van der Waals surface area contributed by atoms with E-state index in [0.29, 0.717) is 24.2 Å². The summed E-state index contributed by atoms with van der Waals surface area (Å²) in [5.41, 5.74) is 3.58. The molecular formula is C36H62O5SSi2. The van der Waals surface area contributed by atoms with Crippen LogP contribution in [0, 0.1) is 23.2 Å². The van der Waals surface area contributed by atoms with E-state index in [-0.39, 0.29) is 33.5 Å². The van der Waals surface area contributed by atoms with Crippen molar-refractivity contribution in [1.82, 2.24) is 0 Å². The summed E-state index contributed by atoms with van der Waals surface area (Å²) in [6, 6.07) is 0. The van der Waals surface area contributed by atoms with Gasteiger partial charge in [0.15, 0.2) is 26.5 Å². The van der Waals surface area contributed by atoms with Crippen molar-refractivity contribution >= 4 is 32.8 Å². The fourth-order valence-electron chi connectivity index (χ4n) is 8.29. The fourth-order valence-corrected chi connectivity index (χ4v) is 13.0. The summed E-state index contributed by atoms with van der Waals surface area (Å²) < 4.78 is 42.4. The average molecular weight is 663 g/mol. The van der Waals surface area contributed by atoms with Crippen molar-refractivity contribution in [3.8, 4) is 0 Å². The SMILES string of the molecule is C[C@H](/C=C/C=O)[C@H]1CCC2/C(=C/C3C4=C(CS3(=O)=O)[C@@H](O[Si](C)(C)C(C)(C)C)C[C@H](O[Si](C)(C)C(C)(C)C)C4)CCC[C@@]21C. The minimum absolute atomic E-state index is 0.0310. The highest BCUT2D eigenvalue weighted by Crippen LogP contribution is 2.60. The summed E-state index contributed by atoms with van der Waals surface area (Å²) in [6.07, 6.45) is 13.4. The summed E-state index contributed by atoms with van der Waals surface area (Å²) in [7, 11) is -7.62. The number of hydrogen-bond donors (Lipinski definition) is 0. The first-order valence-corrected chi connectivity index (χ1v) is 24.7. The summed E-state index contributed by atoms with van der Waals surface area (Å²) in [5.74, 6) is 1.34. The maximum atomic E-state index is 14.1. The zero-order valence-electron chi connectivity index (χ0n) is 29.9. The second-order valence-electron chi connectivity index (χ2n) is 17.8. The lowest BCUT2D eigenvalue weighted by atomic mass is 9.61. The van der Waals surface area contributed by atoms with Gasteiger partial charge in [0.1, 0.15) is 11.5 Å². The quantitative estimate of drug-likeness (QED) is 0.112. The molecule has 8 heteroatoms. The monoisotopic (exact) mass is 662 g/mol. The molecule has 2 fully saturated rings. The summed E-state index contributed by atoms with van der Waals surface area (Å²) in [6.45, 7) is 27.4. The Bertz CT molecular complexity index is 1300. The van der Waals surface area contributed by atoms with Crippen LogP contribution >= 0.6 is 0 Å². The van der Waals surface area contributed by atoms with Gasteiger partial charge in [0.2, 0.25) is 0 Å². The van der Waals surface area contributed by atoms with E-state index < -0.39 is 31.7 Å². The molecule has 2 unspecified atom stereocenters. The molecule has 0 bridgehead atoms. The molecule has 4 aliphatic rings. The zero-order valence-corrected chi connectivity index (χ0v) is 32.7. The Balaban J connectivity index is 1.73. The van der Waals surface area contributed by atoms with Gasteiger partial charge in [0.05, 0.1) is 18.0 Å². The molecule has 0 aromatic rings. The molecule has 0 radical (unpaired) electrons. The molecule has 1 heterocycles. The number of carbonyl (C=O) groups excluding carboxylic acids is 1. The van der Waals surface area contributed by atoms with E-state index in [2.05, 4.69) is 93.7 Å². The molecule has 0 saturated heterocycles. The summed E-state index contributed by atoms with van der Waals surface area (Å²) >= 11 is 0. The lowest BCUT2D eigenvalue weighted by Crippen LogP contribution is -2.49. The van der Waals surface area contributed by atoms with Gasteiger partial charge in [-0.1, -0.05) is 73.1 Å². The molecule has 0 amide bonds. The Morgan fingerprint density at radius 3 is 2.16 bits per heavy atom. The van der Waals surface area contributed by atoms with Crippen LogP contribution in [0.1, 0.15) is 100 Å². The van der Waals surface area contributed by atoms with Crippen LogP contribution in [0.5, 0.6) is 0 Å². The Labute approximate surface area is 271 Å². The van der Waals surface area contributed by atoms with Gasteiger partial charge < -0.3 is 8.85 Å². The number of hydrogen-bond acceptors (Lipinski definition) is 5. The van der Waals surface area contributed by atoms with Crippen LogP contribution in [0.4, 0.5) is 0 Å². The molecule has 0 N–H and O–H groups in total. The largest absolute Gasteiger partial charge is 0.414 e. The number of sulfone groups is 1. The number of rotatable bonds is 8. The average Bonchev–Trinajstić information content (AvgIpc) is 3.35. The standard InChI is InChI=1S/C36H62O5SSi2/c1-25(15-14-20-37)30-17-18-31-26(16-13-19-36(30,31)8)21-33-28-22-27(40-43(9,10)34(2,3)4)23-32(29(28)24-42(33,38)39)41-44(11,12)35(5,6)7/h14-15,20-21,25,27,30-33H,13,16-19,22-24H2,1-12H3/b15-14+,26-21+/t25-,27-,30-,31?,32+,33?,36-/m1/s1. The first kappa shape index (κ1) is 36.0. The van der Waals surface area contributed by atoms with E-state index in [1.165, 1.54) is 5.57 Å². The van der Waals surface area contributed by atoms with Crippen LogP contribution in [0.2, 0.25) is 36.3 Å². The molecule has 0 spiro atoms. The minimum atomic E-state index is -3.39. The van der Waals surface area contributed by atoms with Crippen LogP contribution in [-0.2, 0) is 23.5 Å². The van der Waals surface area contributed by atoms with Crippen LogP contribution in [0.15, 0.2) is 34.9 Å². The van der Waals surface area contributed by atoms with Crippen LogP contribution in [0.3, 0.4) is 0 Å². The van der Waals surface area contributed by atoms with Crippen molar-refractivity contribution < 1.29 is 22.1 Å². The van der Waals surface area contributed by atoms with E-state index in [4.69, 9.17) is 8.85 Å². The van der Waals surface area contributed by atoms with E-state index in [1.807, 2.05) is 0 Å². The van der Waals surface area contributed by atoms with Crippen molar-refractivity contribution in [1.29, 1.82) is 0 Å². The van der Waals surface area contributed by atoms with Gasteiger partial charge in [-0.3, -0.25) is 4.79 Å². The molecular weight excluding hydrogens is 601 g/mol. The lowest BCUT2D eigenvalue weighted by molar-refractivity contribution is -0.104. The van der Waals surface area contributed by atoms with Gasteiger partial charge in [-0.05, 0) is 115 Å². The molecule has 250 valence electrons. The van der Waals surface area contributed by atoms with Gasteiger partial charge in [-0.25, -0.2) is 8.42 Å². The topological polar surface area (TPSA) is 69.7 Å². The van der Waals surface area contributed by atoms with Gasteiger partial charge >= 0.3 is 0 Å². The first-order chi connectivity index (χ1) is 20.0. The van der Waals surface area contributed by atoms with Crippen molar-refractivity contribution in [2.45, 2.75) is 154 Å². The van der Waals surface area contributed by atoms with Crippen molar-refractivity contribution in [3.63, 3.8) is 0 Å². The fraction of sp³-hybridized carbons (Fsp3) is 0.806. The molecule has 4 rings (SSSR count). The third-order valence-electron chi connectivity index (χ3n) is 12.9. The van der Waals surface area contributed by atoms with Gasteiger partial charge in [-0.2, -0.15) is 0 Å². The first-order valence-electron chi connectivity index (χ1n) is 17.2. The molecule has 3 aliphatic carbocycles. The predicted molar refractivity (Wildman–Crippen MR) is 189 cm³/mol. The molecule has 2 saturated carbocycles. The van der Waals surface area contributed by atoms with E-state index in [0.717, 1.165) is 56.0 Å². The third-order valence-corrected chi connectivity index (χ3v) is 23.8. The number of allylic oxidation sites excluding steroid dienone is 3. The van der Waals surface area contributed by atoms with Crippen LogP contribution in [-0.4, -0.2) is 54.5 Å². The second-order valence-corrected chi connectivity index (χ2v) is 29.4. The number of carbonyl (C=O) groups is 1. The Kier molecular flexibility index (Phi) is 10.1. The maximum absolute atomic E-state index is 14.1. The van der Waals surface area contributed by atoms with E-state index in [9.17, 15) is 13.2 Å². The van der Waals surface area contributed by atoms with Crippen LogP contribution in [0.25, 0.3) is 0 Å². The summed E-state index contributed by atoms with van der Waals surface area (Å²) in [5, 5.41) is -0.467. The second kappa shape index (κ2) is 12.3. The Hall–Kier alpha value is -0.806. The van der Waals surface area contributed by atoms with Gasteiger partial charge in [0.25, 0.3) is 0 Å². The Morgan fingerprint density at radius 2 is 1.57 bits per heavy atom. The van der Waals surface area contributed by atoms with Gasteiger partial charge in [-0.15, -0.1) is 0 Å². The van der Waals surface area contributed by atoms with Crippen molar-refractivity contribution in [2.24, 2.45) is 23.2 Å². The van der Waals surface area contributed by atoms with Crippen LogP contribution < -0.4 is 0 Å². The Morgan fingerprint density at radius 1 is 0.955 bits per heavy atom. The molecule has 7 atom stereocenters. The summed E-state index contributed by atoms with van der Waals surface area (Å²) in [4.78, 5) is 11.0. The number of fused-ring (bicyclic) bond motifs is 1. The minimum Gasteiger partial charge on any atom is -0.414 e. The lowest BCUT2D eigenvalue weighted by Gasteiger charge is -2.45. The molecule has 0 aromatic heterocycles. The van der Waals surface area contributed by atoms with Gasteiger partial charge in [0, 0.05) is 6.42 Å². The molecule has 44 heavy (non-hydrogen) atoms. The maximum Gasteiger partial charge on any atom is 0.192 e. The molecule has 0 aromatic carbocycles.